The van der Waals surface area contributed by atoms with Gasteiger partial charge in [0, 0.05) is 26.2 Å². The molecular weight excluding hydrogens is 396 g/mol. The number of piperazine rings is 1. The molecule has 3 heterocycles. The van der Waals surface area contributed by atoms with Gasteiger partial charge in [-0.05, 0) is 38.5 Å². The van der Waals surface area contributed by atoms with Gasteiger partial charge in [0.2, 0.25) is 0 Å². The van der Waals surface area contributed by atoms with Gasteiger partial charge in [0.05, 0.1) is 20.0 Å². The van der Waals surface area contributed by atoms with Gasteiger partial charge >= 0.3 is 6.09 Å². The van der Waals surface area contributed by atoms with Crippen LogP contribution in [0.3, 0.4) is 0 Å². The van der Waals surface area contributed by atoms with Gasteiger partial charge in [-0.3, -0.25) is 0 Å². The molecule has 0 radical (unpaired) electrons. The van der Waals surface area contributed by atoms with Gasteiger partial charge in [-0.25, -0.2) is 19.7 Å². The number of carbonyl (C=O) groups excluding carboxylic acids is 1. The molecule has 0 N–H and O–H groups in total. The van der Waals surface area contributed by atoms with Crippen LogP contribution in [0, 0.1) is 0 Å². The molecule has 0 atom stereocenters. The van der Waals surface area contributed by atoms with Crippen LogP contribution in [0.2, 0.25) is 0 Å². The fraction of sp³-hybridized carbons (Fsp3) is 0.455. The second-order valence-electron chi connectivity index (χ2n) is 8.54. The van der Waals surface area contributed by atoms with Crippen molar-refractivity contribution in [2.75, 3.05) is 38.2 Å². The van der Waals surface area contributed by atoms with Crippen LogP contribution < -0.4 is 9.64 Å². The van der Waals surface area contributed by atoms with Gasteiger partial charge in [0.25, 0.3) is 0 Å². The molecule has 0 aliphatic carbocycles. The van der Waals surface area contributed by atoms with E-state index >= 15 is 0 Å². The van der Waals surface area contributed by atoms with Crippen molar-refractivity contribution in [3.05, 3.63) is 42.5 Å². The molecule has 0 saturated carbocycles. The summed E-state index contributed by atoms with van der Waals surface area (Å²) < 4.78 is 12.7. The van der Waals surface area contributed by atoms with Crippen molar-refractivity contribution in [3.8, 4) is 5.75 Å². The van der Waals surface area contributed by atoms with Gasteiger partial charge in [0.15, 0.2) is 17.0 Å². The number of hydrogen-bond acceptors (Lipinski definition) is 7. The minimum Gasteiger partial charge on any atom is -0.497 e. The number of benzene rings is 1. The zero-order chi connectivity index (χ0) is 22.0. The van der Waals surface area contributed by atoms with Crippen molar-refractivity contribution in [3.63, 3.8) is 0 Å². The standard InChI is InChI=1S/C22H28N6O3/c1-22(2,3)31-21(29)27-11-9-26(10-12-27)19-18-20(24-14-23-19)28(15-25-18)13-16-5-7-17(30-4)8-6-16/h5-8,14-15H,9-13H2,1-4H3. The van der Waals surface area contributed by atoms with Crippen LogP contribution in [0.4, 0.5) is 10.6 Å². The number of ether oxygens (including phenoxy) is 2. The van der Waals surface area contributed by atoms with E-state index in [0.29, 0.717) is 32.7 Å². The average molecular weight is 425 g/mol. The zero-order valence-corrected chi connectivity index (χ0v) is 18.4. The van der Waals surface area contributed by atoms with Gasteiger partial charge in [-0.1, -0.05) is 12.1 Å². The molecule has 1 saturated heterocycles. The van der Waals surface area contributed by atoms with Crippen LogP contribution in [-0.2, 0) is 11.3 Å². The van der Waals surface area contributed by atoms with Crippen LogP contribution in [-0.4, -0.2) is 69.4 Å². The Hall–Kier alpha value is -3.36. The second-order valence-corrected chi connectivity index (χ2v) is 8.54. The fourth-order valence-corrected chi connectivity index (χ4v) is 3.57. The molecule has 31 heavy (non-hydrogen) atoms. The molecule has 1 aliphatic heterocycles. The minimum absolute atomic E-state index is 0.274. The smallest absolute Gasteiger partial charge is 0.410 e. The quantitative estimate of drug-likeness (QED) is 0.636. The minimum atomic E-state index is -0.496. The number of methoxy groups -OCH3 is 1. The van der Waals surface area contributed by atoms with E-state index in [9.17, 15) is 4.79 Å². The predicted octanol–water partition coefficient (Wildman–Crippen LogP) is 2.94. The first kappa shape index (κ1) is 20.9. The van der Waals surface area contributed by atoms with Crippen molar-refractivity contribution in [1.29, 1.82) is 0 Å². The molecule has 0 unspecified atom stereocenters. The maximum absolute atomic E-state index is 12.3. The van der Waals surface area contributed by atoms with Crippen LogP contribution >= 0.6 is 0 Å². The van der Waals surface area contributed by atoms with Crippen molar-refractivity contribution in [2.24, 2.45) is 0 Å². The number of rotatable bonds is 4. The summed E-state index contributed by atoms with van der Waals surface area (Å²) in [5, 5.41) is 0. The second kappa shape index (κ2) is 8.41. The first-order chi connectivity index (χ1) is 14.8. The summed E-state index contributed by atoms with van der Waals surface area (Å²) in [6, 6.07) is 7.95. The first-order valence-electron chi connectivity index (χ1n) is 10.4. The van der Waals surface area contributed by atoms with Crippen molar-refractivity contribution in [2.45, 2.75) is 32.9 Å². The molecule has 1 amide bonds. The van der Waals surface area contributed by atoms with E-state index in [4.69, 9.17) is 9.47 Å². The van der Waals surface area contributed by atoms with Crippen molar-refractivity contribution in [1.82, 2.24) is 24.4 Å². The van der Waals surface area contributed by atoms with Gasteiger partial charge < -0.3 is 23.8 Å². The molecule has 1 aliphatic rings. The monoisotopic (exact) mass is 424 g/mol. The molecule has 1 fully saturated rings. The molecule has 9 heteroatoms. The van der Waals surface area contributed by atoms with Gasteiger partial charge in [-0.2, -0.15) is 0 Å². The van der Waals surface area contributed by atoms with Gasteiger partial charge in [0.1, 0.15) is 17.7 Å². The number of nitrogens with zero attached hydrogens (tertiary/aromatic N) is 6. The SMILES string of the molecule is COc1ccc(Cn2cnc3c(N4CCN(C(=O)OC(C)(C)C)CC4)ncnc32)cc1. The van der Waals surface area contributed by atoms with E-state index in [1.807, 2.05) is 49.6 Å². The zero-order valence-electron chi connectivity index (χ0n) is 18.4. The first-order valence-corrected chi connectivity index (χ1v) is 10.4. The summed E-state index contributed by atoms with van der Waals surface area (Å²) in [6.45, 7) is 8.76. The van der Waals surface area contributed by atoms with Crippen LogP contribution in [0.1, 0.15) is 26.3 Å². The third-order valence-electron chi connectivity index (χ3n) is 5.12. The number of aromatic nitrogens is 4. The Morgan fingerprint density at radius 1 is 1.03 bits per heavy atom. The number of fused-ring (bicyclic) bond motifs is 1. The van der Waals surface area contributed by atoms with Crippen molar-refractivity contribution >= 4 is 23.1 Å². The molecule has 0 spiro atoms. The van der Waals surface area contributed by atoms with Crippen LogP contribution in [0.25, 0.3) is 11.2 Å². The van der Waals surface area contributed by atoms with E-state index in [0.717, 1.165) is 28.3 Å². The predicted molar refractivity (Wildman–Crippen MR) is 117 cm³/mol. The fourth-order valence-electron chi connectivity index (χ4n) is 3.57. The molecule has 4 rings (SSSR count). The van der Waals surface area contributed by atoms with E-state index in [-0.39, 0.29) is 6.09 Å². The summed E-state index contributed by atoms with van der Waals surface area (Å²) in [6.07, 6.45) is 3.09. The van der Waals surface area contributed by atoms with E-state index in [1.54, 1.807) is 24.7 Å². The number of amides is 1. The lowest BCUT2D eigenvalue weighted by Gasteiger charge is -2.36. The topological polar surface area (TPSA) is 85.6 Å². The van der Waals surface area contributed by atoms with Gasteiger partial charge in [-0.15, -0.1) is 0 Å². The molecule has 2 aromatic heterocycles. The third kappa shape index (κ3) is 4.70. The Morgan fingerprint density at radius 2 is 1.74 bits per heavy atom. The maximum atomic E-state index is 12.3. The molecule has 9 nitrogen and oxygen atoms in total. The lowest BCUT2D eigenvalue weighted by Crippen LogP contribution is -2.50. The van der Waals surface area contributed by atoms with E-state index < -0.39 is 5.60 Å². The molecule has 1 aromatic carbocycles. The highest BCUT2D eigenvalue weighted by atomic mass is 16.6. The molecule has 164 valence electrons. The van der Waals surface area contributed by atoms with Crippen LogP contribution in [0.5, 0.6) is 5.75 Å². The lowest BCUT2D eigenvalue weighted by atomic mass is 10.2. The summed E-state index contributed by atoms with van der Waals surface area (Å²) in [4.78, 5) is 29.8. The van der Waals surface area contributed by atoms with E-state index in [1.165, 1.54) is 0 Å². The Labute approximate surface area is 181 Å². The molecule has 3 aromatic rings. The lowest BCUT2D eigenvalue weighted by molar-refractivity contribution is 0.0240. The highest BCUT2D eigenvalue weighted by molar-refractivity contribution is 5.83. The number of hydrogen-bond donors (Lipinski definition) is 0. The Balaban J connectivity index is 1.47. The Morgan fingerprint density at radius 3 is 2.39 bits per heavy atom. The summed E-state index contributed by atoms with van der Waals surface area (Å²) in [5.74, 6) is 1.62. The average Bonchev–Trinajstić information content (AvgIpc) is 3.16. The maximum Gasteiger partial charge on any atom is 0.410 e. The number of carbonyl (C=O) groups is 1. The Kier molecular flexibility index (Phi) is 5.67. The number of anilines is 1. The van der Waals surface area contributed by atoms with Crippen molar-refractivity contribution < 1.29 is 14.3 Å². The van der Waals surface area contributed by atoms with E-state index in [2.05, 4.69) is 19.9 Å². The van der Waals surface area contributed by atoms with Crippen LogP contribution in [0.15, 0.2) is 36.9 Å². The summed E-state index contributed by atoms with van der Waals surface area (Å²) in [5.41, 5.74) is 2.19. The molecular formula is C22H28N6O3. The third-order valence-corrected chi connectivity index (χ3v) is 5.12. The largest absolute Gasteiger partial charge is 0.497 e. The normalized spacial score (nSPS) is 14.7. The number of imidazole rings is 1. The highest BCUT2D eigenvalue weighted by Crippen LogP contribution is 2.24. The summed E-state index contributed by atoms with van der Waals surface area (Å²) in [7, 11) is 1.66. The molecule has 0 bridgehead atoms. The Bertz CT molecular complexity index is 1050. The highest BCUT2D eigenvalue weighted by Gasteiger charge is 2.27. The summed E-state index contributed by atoms with van der Waals surface area (Å²) >= 11 is 0.